The third-order valence-corrected chi connectivity index (χ3v) is 5.38. The van der Waals surface area contributed by atoms with Gasteiger partial charge in [-0.05, 0) is 18.6 Å². The number of hydrogen-bond acceptors (Lipinski definition) is 6. The highest BCUT2D eigenvalue weighted by Gasteiger charge is 2.31. The van der Waals surface area contributed by atoms with Gasteiger partial charge < -0.3 is 19.2 Å². The first-order valence-electron chi connectivity index (χ1n) is 8.29. The van der Waals surface area contributed by atoms with Gasteiger partial charge in [-0.25, -0.2) is 8.42 Å². The number of furan rings is 1. The number of amides is 1. The summed E-state index contributed by atoms with van der Waals surface area (Å²) in [5, 5.41) is 8.89. The summed E-state index contributed by atoms with van der Waals surface area (Å²) >= 11 is 0. The molecule has 10 heteroatoms. The Labute approximate surface area is 152 Å². The monoisotopic (exact) mass is 388 g/mol. The Morgan fingerprint density at radius 3 is 2.65 bits per heavy atom. The molecule has 1 unspecified atom stereocenters. The van der Waals surface area contributed by atoms with Gasteiger partial charge in [0.1, 0.15) is 12.3 Å². The van der Waals surface area contributed by atoms with Crippen LogP contribution in [0.25, 0.3) is 0 Å². The Hall–Kier alpha value is -1.91. The maximum Gasteiger partial charge on any atom is 0.318 e. The second-order valence-electron chi connectivity index (χ2n) is 6.26. The molecule has 1 aliphatic heterocycles. The van der Waals surface area contributed by atoms with Crippen LogP contribution in [0.1, 0.15) is 28.8 Å². The van der Waals surface area contributed by atoms with Gasteiger partial charge in [-0.15, -0.1) is 0 Å². The molecule has 1 aromatic rings. The number of carbonyl (C=O) groups excluding carboxylic acids is 1. The number of nitrogens with zero attached hydrogens (tertiary/aromatic N) is 2. The lowest BCUT2D eigenvalue weighted by Crippen LogP contribution is -2.51. The van der Waals surface area contributed by atoms with Crippen molar-refractivity contribution in [3.63, 3.8) is 0 Å². The van der Waals surface area contributed by atoms with Crippen LogP contribution < -0.4 is 0 Å². The minimum absolute atomic E-state index is 0.133. The summed E-state index contributed by atoms with van der Waals surface area (Å²) in [5.74, 6) is -0.545. The van der Waals surface area contributed by atoms with Crippen LogP contribution in [-0.4, -0.2) is 79.8 Å². The zero-order valence-electron chi connectivity index (χ0n) is 15.1. The lowest BCUT2D eigenvalue weighted by atomic mass is 10.2. The van der Waals surface area contributed by atoms with Crippen LogP contribution in [0.2, 0.25) is 0 Å². The molecule has 1 aliphatic rings. The van der Waals surface area contributed by atoms with Gasteiger partial charge >= 0.3 is 5.97 Å². The van der Waals surface area contributed by atoms with Crippen LogP contribution >= 0.6 is 0 Å². The van der Waals surface area contributed by atoms with Crippen LogP contribution in [0.15, 0.2) is 10.5 Å². The molecular formula is C16H24N2O7S. The summed E-state index contributed by atoms with van der Waals surface area (Å²) in [7, 11) is -3.70. The molecule has 0 aliphatic carbocycles. The molecule has 0 saturated carbocycles. The number of carboxylic acids is 1. The van der Waals surface area contributed by atoms with Gasteiger partial charge in [0.15, 0.2) is 5.76 Å². The minimum atomic E-state index is -3.70. The van der Waals surface area contributed by atoms with Crippen LogP contribution in [0.3, 0.4) is 0 Å². The Bertz CT molecular complexity index is 772. The number of sulfonamides is 1. The van der Waals surface area contributed by atoms with Crippen LogP contribution in [-0.2, 0) is 26.0 Å². The zero-order chi connectivity index (χ0) is 19.5. The van der Waals surface area contributed by atoms with E-state index in [1.165, 1.54) is 4.90 Å². The number of aryl methyl sites for hydroxylation is 2. The van der Waals surface area contributed by atoms with Gasteiger partial charge in [0.25, 0.3) is 5.91 Å². The van der Waals surface area contributed by atoms with Crippen LogP contribution in [0, 0.1) is 6.92 Å². The fourth-order valence-electron chi connectivity index (χ4n) is 2.84. The maximum absolute atomic E-state index is 12.6. The number of rotatable bonds is 7. The van der Waals surface area contributed by atoms with Gasteiger partial charge in [-0.3, -0.25) is 9.59 Å². The molecule has 9 nitrogen and oxygen atoms in total. The van der Waals surface area contributed by atoms with E-state index in [9.17, 15) is 18.0 Å². The molecule has 1 saturated heterocycles. The summed E-state index contributed by atoms with van der Waals surface area (Å²) < 4.78 is 35.5. The van der Waals surface area contributed by atoms with E-state index in [0.717, 1.165) is 21.9 Å². The standard InChI is InChI=1S/C16H24N2O7S/c1-4-13-11(2)7-14(25-13)16(21)17-5-6-24-12(8-17)9-18(10-15(19)20)26(3,22)23/h7,12H,4-6,8-10H2,1-3H3,(H,19,20). The van der Waals surface area contributed by atoms with Gasteiger partial charge in [0, 0.05) is 26.1 Å². The van der Waals surface area contributed by atoms with Crippen molar-refractivity contribution in [1.29, 1.82) is 0 Å². The van der Waals surface area contributed by atoms with Crippen molar-refractivity contribution in [1.82, 2.24) is 9.21 Å². The first-order chi connectivity index (χ1) is 12.1. The van der Waals surface area contributed by atoms with Gasteiger partial charge in [0.2, 0.25) is 10.0 Å². The summed E-state index contributed by atoms with van der Waals surface area (Å²) in [5.41, 5.74) is 0.908. The molecule has 1 N–H and O–H groups in total. The van der Waals surface area contributed by atoms with E-state index in [1.807, 2.05) is 13.8 Å². The van der Waals surface area contributed by atoms with Crippen molar-refractivity contribution in [3.8, 4) is 0 Å². The Morgan fingerprint density at radius 1 is 1.42 bits per heavy atom. The number of morpholine rings is 1. The third-order valence-electron chi connectivity index (χ3n) is 4.17. The molecule has 1 amide bonds. The summed E-state index contributed by atoms with van der Waals surface area (Å²) in [4.78, 5) is 25.1. The average molecular weight is 388 g/mol. The SMILES string of the molecule is CCc1oc(C(=O)N2CCOC(CN(CC(=O)O)S(C)(=O)=O)C2)cc1C. The largest absolute Gasteiger partial charge is 0.480 e. The van der Waals surface area contributed by atoms with E-state index in [2.05, 4.69) is 0 Å². The Morgan fingerprint density at radius 2 is 2.12 bits per heavy atom. The van der Waals surface area contributed by atoms with Crippen LogP contribution in [0.5, 0.6) is 0 Å². The zero-order valence-corrected chi connectivity index (χ0v) is 15.9. The van der Waals surface area contributed by atoms with Crippen molar-refractivity contribution < 1.29 is 32.3 Å². The molecule has 0 bridgehead atoms. The van der Waals surface area contributed by atoms with E-state index in [4.69, 9.17) is 14.3 Å². The molecule has 2 rings (SSSR count). The van der Waals surface area contributed by atoms with Crippen molar-refractivity contribution in [2.45, 2.75) is 26.4 Å². The first-order valence-corrected chi connectivity index (χ1v) is 10.1. The summed E-state index contributed by atoms with van der Waals surface area (Å²) in [6.07, 6.45) is 1.02. The highest BCUT2D eigenvalue weighted by atomic mass is 32.2. The second-order valence-corrected chi connectivity index (χ2v) is 8.25. The molecule has 0 aromatic carbocycles. The predicted octanol–water partition coefficient (Wildman–Crippen LogP) is 0.338. The average Bonchev–Trinajstić information content (AvgIpc) is 2.93. The van der Waals surface area contributed by atoms with Crippen molar-refractivity contribution in [2.75, 3.05) is 39.0 Å². The van der Waals surface area contributed by atoms with Crippen molar-refractivity contribution in [2.24, 2.45) is 0 Å². The molecule has 146 valence electrons. The lowest BCUT2D eigenvalue weighted by Gasteiger charge is -2.34. The lowest BCUT2D eigenvalue weighted by molar-refractivity contribution is -0.137. The normalized spacial score (nSPS) is 18.3. The van der Waals surface area contributed by atoms with Crippen LogP contribution in [0.4, 0.5) is 0 Å². The van der Waals surface area contributed by atoms with Crippen molar-refractivity contribution in [3.05, 3.63) is 23.2 Å². The first kappa shape index (κ1) is 20.4. The van der Waals surface area contributed by atoms with Crippen molar-refractivity contribution >= 4 is 21.9 Å². The quantitative estimate of drug-likeness (QED) is 0.715. The smallest absolute Gasteiger partial charge is 0.318 e. The van der Waals surface area contributed by atoms with E-state index < -0.39 is 28.6 Å². The fraction of sp³-hybridized carbons (Fsp3) is 0.625. The molecule has 1 atom stereocenters. The third kappa shape index (κ3) is 5.05. The number of ether oxygens (including phenoxy) is 1. The molecule has 26 heavy (non-hydrogen) atoms. The Balaban J connectivity index is 2.07. The Kier molecular flexibility index (Phi) is 6.43. The summed E-state index contributed by atoms with van der Waals surface area (Å²) in [6, 6.07) is 1.69. The molecule has 0 radical (unpaired) electrons. The molecule has 1 aromatic heterocycles. The van der Waals surface area contributed by atoms with E-state index in [-0.39, 0.29) is 31.4 Å². The number of aliphatic carboxylic acids is 1. The van der Waals surface area contributed by atoms with E-state index in [0.29, 0.717) is 13.0 Å². The molecule has 2 heterocycles. The summed E-state index contributed by atoms with van der Waals surface area (Å²) in [6.45, 7) is 3.78. The molecular weight excluding hydrogens is 364 g/mol. The van der Waals surface area contributed by atoms with E-state index >= 15 is 0 Å². The van der Waals surface area contributed by atoms with Gasteiger partial charge in [-0.2, -0.15) is 4.31 Å². The molecule has 0 spiro atoms. The predicted molar refractivity (Wildman–Crippen MR) is 92.5 cm³/mol. The highest BCUT2D eigenvalue weighted by molar-refractivity contribution is 7.88. The maximum atomic E-state index is 12.6. The topological polar surface area (TPSA) is 117 Å². The van der Waals surface area contributed by atoms with Gasteiger partial charge in [0.05, 0.1) is 19.0 Å². The minimum Gasteiger partial charge on any atom is -0.480 e. The second kappa shape index (κ2) is 8.19. The van der Waals surface area contributed by atoms with Gasteiger partial charge in [-0.1, -0.05) is 6.92 Å². The highest BCUT2D eigenvalue weighted by Crippen LogP contribution is 2.19. The number of carboxylic acid groups (broad SMARTS) is 1. The number of carbonyl (C=O) groups is 2. The van der Waals surface area contributed by atoms with E-state index in [1.54, 1.807) is 6.07 Å². The molecule has 1 fully saturated rings. The number of hydrogen-bond donors (Lipinski definition) is 1. The fourth-order valence-corrected chi connectivity index (χ4v) is 3.62.